The number of rotatable bonds is 3. The fourth-order valence-corrected chi connectivity index (χ4v) is 2.04. The zero-order valence-electron chi connectivity index (χ0n) is 11.2. The zero-order chi connectivity index (χ0) is 14.0. The second-order valence-electron chi connectivity index (χ2n) is 4.30. The van der Waals surface area contributed by atoms with Gasteiger partial charge < -0.3 is 9.84 Å². The molecule has 1 aliphatic heterocycles. The van der Waals surface area contributed by atoms with Crippen LogP contribution in [-0.4, -0.2) is 52.3 Å². The molecule has 1 radical (unpaired) electrons. The predicted molar refractivity (Wildman–Crippen MR) is 70.4 cm³/mol. The van der Waals surface area contributed by atoms with Crippen molar-refractivity contribution in [2.75, 3.05) is 6.61 Å². The van der Waals surface area contributed by atoms with E-state index in [-0.39, 0.29) is 31.9 Å². The van der Waals surface area contributed by atoms with Crippen molar-refractivity contribution in [3.05, 3.63) is 43.0 Å². The van der Waals surface area contributed by atoms with E-state index in [1.54, 1.807) is 6.92 Å². The molecule has 0 spiro atoms. The van der Waals surface area contributed by atoms with Crippen LogP contribution in [0.3, 0.4) is 0 Å². The molecule has 0 aromatic carbocycles. The standard InChI is InChI=1S/C10H13N5O4.Li/c1-5-3-15(10(18)12-9(5)17)8-2-6(13-14-11)7(4-16)19-8;/h3,6-8,16H,2,4H2,1H3,(H,12,17,18);/t6-,7+,8+;/m0./s1. The van der Waals surface area contributed by atoms with Crippen molar-refractivity contribution in [1.29, 1.82) is 0 Å². The number of aliphatic hydroxyl groups is 1. The van der Waals surface area contributed by atoms with Gasteiger partial charge in [0.05, 0.1) is 18.8 Å². The van der Waals surface area contributed by atoms with Gasteiger partial charge >= 0.3 is 5.69 Å². The summed E-state index contributed by atoms with van der Waals surface area (Å²) in [6, 6.07) is -0.542. The van der Waals surface area contributed by atoms with Crippen LogP contribution in [0, 0.1) is 6.92 Å². The van der Waals surface area contributed by atoms with Crippen LogP contribution in [0.15, 0.2) is 20.9 Å². The quantitative estimate of drug-likeness (QED) is 0.330. The molecule has 9 nitrogen and oxygen atoms in total. The third-order valence-electron chi connectivity index (χ3n) is 3.04. The van der Waals surface area contributed by atoms with Gasteiger partial charge in [0.15, 0.2) is 0 Å². The van der Waals surface area contributed by atoms with Crippen molar-refractivity contribution in [2.24, 2.45) is 5.11 Å². The zero-order valence-corrected chi connectivity index (χ0v) is 11.2. The molecule has 2 heterocycles. The Morgan fingerprint density at radius 1 is 1.65 bits per heavy atom. The molecule has 0 aliphatic carbocycles. The number of nitrogens with zero attached hydrogens (tertiary/aromatic N) is 4. The topological polar surface area (TPSA) is 133 Å². The van der Waals surface area contributed by atoms with Gasteiger partial charge in [-0.1, -0.05) is 5.11 Å². The maximum atomic E-state index is 11.7. The largest absolute Gasteiger partial charge is 0.394 e. The second kappa shape index (κ2) is 6.79. The number of hydrogen-bond donors (Lipinski definition) is 2. The molecular formula is C10H13LiN5O4. The Hall–Kier alpha value is -1.49. The minimum atomic E-state index is -0.671. The molecular weight excluding hydrogens is 261 g/mol. The number of nitrogens with one attached hydrogen (secondary N) is 1. The van der Waals surface area contributed by atoms with Crippen LogP contribution in [0.1, 0.15) is 18.2 Å². The minimum absolute atomic E-state index is 0. The van der Waals surface area contributed by atoms with Crippen molar-refractivity contribution in [2.45, 2.75) is 31.7 Å². The third kappa shape index (κ3) is 3.15. The molecule has 20 heavy (non-hydrogen) atoms. The predicted octanol–water partition coefficient (Wildman–Crippen LogP) is -0.577. The van der Waals surface area contributed by atoms with Gasteiger partial charge in [-0.15, -0.1) is 0 Å². The van der Waals surface area contributed by atoms with Gasteiger partial charge in [-0.2, -0.15) is 0 Å². The van der Waals surface area contributed by atoms with Crippen LogP contribution in [0.25, 0.3) is 10.4 Å². The van der Waals surface area contributed by atoms with E-state index >= 15 is 0 Å². The fraction of sp³-hybridized carbons (Fsp3) is 0.600. The minimum Gasteiger partial charge on any atom is -0.394 e. The van der Waals surface area contributed by atoms with E-state index in [4.69, 9.17) is 15.4 Å². The summed E-state index contributed by atoms with van der Waals surface area (Å²) in [5.74, 6) is 0. The Morgan fingerprint density at radius 2 is 2.35 bits per heavy atom. The Morgan fingerprint density at radius 3 is 2.95 bits per heavy atom. The summed E-state index contributed by atoms with van der Waals surface area (Å²) in [5, 5.41) is 12.7. The summed E-state index contributed by atoms with van der Waals surface area (Å²) in [4.78, 5) is 27.8. The molecule has 1 aromatic rings. The molecule has 2 N–H and O–H groups in total. The van der Waals surface area contributed by atoms with Crippen LogP contribution in [0.5, 0.6) is 0 Å². The van der Waals surface area contributed by atoms with Crippen molar-refractivity contribution in [3.8, 4) is 0 Å². The van der Waals surface area contributed by atoms with Gasteiger partial charge in [0.25, 0.3) is 5.56 Å². The SMILES string of the molecule is Cc1cn([C@H]2C[C@H](N=[N+]=[N-])[C@@H](CO)O2)c(=O)[nH]c1=O.[Li]. The maximum Gasteiger partial charge on any atom is 0.330 e. The van der Waals surface area contributed by atoms with E-state index in [0.717, 1.165) is 0 Å². The number of aromatic nitrogens is 2. The van der Waals surface area contributed by atoms with Gasteiger partial charge in [-0.05, 0) is 12.5 Å². The molecule has 0 unspecified atom stereocenters. The van der Waals surface area contributed by atoms with E-state index in [1.165, 1.54) is 10.8 Å². The molecule has 1 aliphatic rings. The molecule has 103 valence electrons. The summed E-state index contributed by atoms with van der Waals surface area (Å²) in [7, 11) is 0. The van der Waals surface area contributed by atoms with Crippen LogP contribution < -0.4 is 11.2 Å². The average molecular weight is 274 g/mol. The van der Waals surface area contributed by atoms with Crippen molar-refractivity contribution in [1.82, 2.24) is 9.55 Å². The van der Waals surface area contributed by atoms with E-state index in [1.807, 2.05) is 0 Å². The first-order valence-corrected chi connectivity index (χ1v) is 5.69. The molecule has 0 amide bonds. The summed E-state index contributed by atoms with van der Waals surface area (Å²) >= 11 is 0. The van der Waals surface area contributed by atoms with E-state index in [2.05, 4.69) is 15.0 Å². The Balaban J connectivity index is 0.00000200. The van der Waals surface area contributed by atoms with Crippen molar-refractivity contribution >= 4 is 18.9 Å². The van der Waals surface area contributed by atoms with E-state index in [0.29, 0.717) is 5.56 Å². The fourth-order valence-electron chi connectivity index (χ4n) is 2.04. The van der Waals surface area contributed by atoms with Gasteiger partial charge in [0, 0.05) is 42.0 Å². The smallest absolute Gasteiger partial charge is 0.330 e. The molecule has 0 saturated carbocycles. The maximum absolute atomic E-state index is 11.7. The van der Waals surface area contributed by atoms with Crippen molar-refractivity contribution in [3.63, 3.8) is 0 Å². The second-order valence-corrected chi connectivity index (χ2v) is 4.30. The molecule has 3 atom stereocenters. The van der Waals surface area contributed by atoms with Crippen LogP contribution in [0.2, 0.25) is 0 Å². The Labute approximate surface area is 125 Å². The summed E-state index contributed by atoms with van der Waals surface area (Å²) < 4.78 is 6.69. The van der Waals surface area contributed by atoms with Crippen LogP contribution in [-0.2, 0) is 4.74 Å². The first kappa shape index (κ1) is 16.6. The van der Waals surface area contributed by atoms with Crippen LogP contribution >= 0.6 is 0 Å². The average Bonchev–Trinajstić information content (AvgIpc) is 2.77. The number of hydrogen-bond acceptors (Lipinski definition) is 5. The third-order valence-corrected chi connectivity index (χ3v) is 3.04. The first-order chi connectivity index (χ1) is 9.06. The normalized spacial score (nSPS) is 24.8. The number of ether oxygens (including phenoxy) is 1. The van der Waals surface area contributed by atoms with Crippen molar-refractivity contribution < 1.29 is 9.84 Å². The van der Waals surface area contributed by atoms with Gasteiger partial charge in [-0.25, -0.2) is 4.79 Å². The van der Waals surface area contributed by atoms with E-state index in [9.17, 15) is 9.59 Å². The molecule has 0 bridgehead atoms. The molecule has 1 aromatic heterocycles. The molecule has 1 fully saturated rings. The number of aliphatic hydroxyl groups excluding tert-OH is 1. The monoisotopic (exact) mass is 274 g/mol. The molecule has 10 heteroatoms. The van der Waals surface area contributed by atoms with E-state index < -0.39 is 29.6 Å². The Kier molecular flexibility index (Phi) is 5.62. The molecule has 1 saturated heterocycles. The Bertz CT molecular complexity index is 635. The first-order valence-electron chi connectivity index (χ1n) is 5.69. The number of aryl methyl sites for hydroxylation is 1. The van der Waals surface area contributed by atoms with Gasteiger partial charge in [0.1, 0.15) is 6.23 Å². The van der Waals surface area contributed by atoms with Gasteiger partial charge in [-0.3, -0.25) is 14.3 Å². The van der Waals surface area contributed by atoms with Gasteiger partial charge in [0.2, 0.25) is 0 Å². The summed E-state index contributed by atoms with van der Waals surface area (Å²) in [6.07, 6.45) is 0.329. The molecule has 2 rings (SSSR count). The summed E-state index contributed by atoms with van der Waals surface area (Å²) in [5.41, 5.74) is 7.76. The summed E-state index contributed by atoms with van der Waals surface area (Å²) in [6.45, 7) is 1.26. The van der Waals surface area contributed by atoms with Crippen LogP contribution in [0.4, 0.5) is 0 Å². The number of azide groups is 1. The number of H-pyrrole nitrogens is 1. The number of aromatic amines is 1.